The van der Waals surface area contributed by atoms with Crippen molar-refractivity contribution in [2.75, 3.05) is 4.90 Å². The maximum atomic E-state index is 6.48. The zero-order chi connectivity index (χ0) is 35.8. The molecule has 1 aliphatic carbocycles. The van der Waals surface area contributed by atoms with E-state index in [1.165, 1.54) is 60.7 Å². The molecule has 9 aromatic rings. The second kappa shape index (κ2) is 13.6. The van der Waals surface area contributed by atoms with Crippen molar-refractivity contribution in [2.45, 2.75) is 12.8 Å². The molecule has 0 N–H and O–H groups in total. The number of fused-ring (bicyclic) bond motifs is 4. The van der Waals surface area contributed by atoms with Crippen LogP contribution in [-0.4, -0.2) is 0 Å². The van der Waals surface area contributed by atoms with E-state index in [2.05, 4.69) is 205 Å². The quantitative estimate of drug-likeness (QED) is 0.165. The van der Waals surface area contributed by atoms with Crippen LogP contribution in [0.1, 0.15) is 23.3 Å². The van der Waals surface area contributed by atoms with Gasteiger partial charge in [0.05, 0.1) is 5.69 Å². The van der Waals surface area contributed by atoms with Crippen molar-refractivity contribution in [3.8, 4) is 33.4 Å². The molecule has 54 heavy (non-hydrogen) atoms. The van der Waals surface area contributed by atoms with E-state index < -0.39 is 0 Å². The average Bonchev–Trinajstić information content (AvgIpc) is 3.64. The van der Waals surface area contributed by atoms with Crippen molar-refractivity contribution in [1.82, 2.24) is 0 Å². The largest absolute Gasteiger partial charge is 0.456 e. The SMILES string of the molecule is C1=C(c2ccc(N(c3ccc(-c4ccccc4)cc3)c3ccccc3-c3cccc4cccc(-c5ccccc5)c34)cc2)c2oc3ccccc3c2CC1. The topological polar surface area (TPSA) is 16.4 Å². The molecule has 0 saturated heterocycles. The fourth-order valence-corrected chi connectivity index (χ4v) is 8.24. The minimum Gasteiger partial charge on any atom is -0.456 e. The molecule has 0 spiro atoms. The van der Waals surface area contributed by atoms with Crippen LogP contribution in [0.25, 0.3) is 60.7 Å². The molecule has 2 heteroatoms. The molecule has 8 aromatic carbocycles. The third-order valence-corrected chi connectivity index (χ3v) is 10.8. The molecule has 0 unspecified atom stereocenters. The number of allylic oxidation sites excluding steroid dienone is 1. The molecule has 2 nitrogen and oxygen atoms in total. The molecule has 1 heterocycles. The monoisotopic (exact) mass is 691 g/mol. The van der Waals surface area contributed by atoms with E-state index in [0.29, 0.717) is 0 Å². The Bertz CT molecular complexity index is 2790. The summed E-state index contributed by atoms with van der Waals surface area (Å²) in [5, 5.41) is 3.69. The highest BCUT2D eigenvalue weighted by molar-refractivity contribution is 6.08. The molecule has 0 amide bonds. The average molecular weight is 692 g/mol. The predicted octanol–water partition coefficient (Wildman–Crippen LogP) is 14.4. The lowest BCUT2D eigenvalue weighted by atomic mass is 9.90. The van der Waals surface area contributed by atoms with Gasteiger partial charge in [0.15, 0.2) is 0 Å². The standard InChI is InChI=1S/C52H37NO/c1-3-14-36(15-4-1)37-28-32-41(33-29-37)53(42-34-30-39(31-35-42)44-23-13-25-48-46-21-8-10-27-50(46)54-52(44)48)49-26-9-7-20-45(49)47-24-12-19-40-18-11-22-43(51(40)47)38-16-5-2-6-17-38/h1-12,14-24,26-35H,13,25H2. The fourth-order valence-electron chi connectivity index (χ4n) is 8.24. The molecule has 0 aliphatic heterocycles. The minimum absolute atomic E-state index is 0.956. The third kappa shape index (κ3) is 5.60. The normalized spacial score (nSPS) is 12.4. The van der Waals surface area contributed by atoms with Crippen molar-refractivity contribution in [1.29, 1.82) is 0 Å². The van der Waals surface area contributed by atoms with Crippen LogP contribution in [0, 0.1) is 0 Å². The van der Waals surface area contributed by atoms with E-state index in [9.17, 15) is 0 Å². The molecule has 0 radical (unpaired) electrons. The van der Waals surface area contributed by atoms with E-state index in [4.69, 9.17) is 4.42 Å². The number of rotatable bonds is 7. The molecular weight excluding hydrogens is 655 g/mol. The van der Waals surface area contributed by atoms with Crippen LogP contribution in [0.3, 0.4) is 0 Å². The third-order valence-electron chi connectivity index (χ3n) is 10.8. The highest BCUT2D eigenvalue weighted by Crippen LogP contribution is 2.46. The highest BCUT2D eigenvalue weighted by Gasteiger charge is 2.23. The van der Waals surface area contributed by atoms with Crippen molar-refractivity contribution in [2.24, 2.45) is 0 Å². The van der Waals surface area contributed by atoms with Gasteiger partial charge in [-0.1, -0.05) is 164 Å². The van der Waals surface area contributed by atoms with Crippen molar-refractivity contribution in [3.05, 3.63) is 217 Å². The van der Waals surface area contributed by atoms with Crippen LogP contribution in [0.4, 0.5) is 17.1 Å². The number of furan rings is 1. The summed E-state index contributed by atoms with van der Waals surface area (Å²) in [5.41, 5.74) is 15.1. The van der Waals surface area contributed by atoms with Crippen LogP contribution < -0.4 is 4.90 Å². The van der Waals surface area contributed by atoms with E-state index in [1.807, 2.05) is 0 Å². The Hall–Kier alpha value is -6.90. The molecule has 0 bridgehead atoms. The summed E-state index contributed by atoms with van der Waals surface area (Å²) in [4.78, 5) is 2.40. The number of nitrogens with zero attached hydrogens (tertiary/aromatic N) is 1. The number of hydrogen-bond acceptors (Lipinski definition) is 2. The van der Waals surface area contributed by atoms with E-state index >= 15 is 0 Å². The van der Waals surface area contributed by atoms with Gasteiger partial charge in [-0.3, -0.25) is 0 Å². The number of para-hydroxylation sites is 2. The summed E-state index contributed by atoms with van der Waals surface area (Å²) in [6.45, 7) is 0. The molecule has 1 aliphatic rings. The van der Waals surface area contributed by atoms with E-state index in [0.717, 1.165) is 46.8 Å². The van der Waals surface area contributed by atoms with Gasteiger partial charge in [0.2, 0.25) is 0 Å². The second-order valence-corrected chi connectivity index (χ2v) is 13.9. The summed E-state index contributed by atoms with van der Waals surface area (Å²) >= 11 is 0. The minimum atomic E-state index is 0.956. The highest BCUT2D eigenvalue weighted by atomic mass is 16.3. The van der Waals surface area contributed by atoms with Crippen molar-refractivity contribution < 1.29 is 4.42 Å². The van der Waals surface area contributed by atoms with Gasteiger partial charge in [0.25, 0.3) is 0 Å². The Balaban J connectivity index is 1.13. The zero-order valence-electron chi connectivity index (χ0n) is 29.8. The summed E-state index contributed by atoms with van der Waals surface area (Å²) in [6.07, 6.45) is 4.33. The van der Waals surface area contributed by atoms with Crippen molar-refractivity contribution in [3.63, 3.8) is 0 Å². The molecule has 0 fully saturated rings. The van der Waals surface area contributed by atoms with Gasteiger partial charge in [-0.2, -0.15) is 0 Å². The lowest BCUT2D eigenvalue weighted by Crippen LogP contribution is -2.11. The van der Waals surface area contributed by atoms with Crippen molar-refractivity contribution >= 4 is 44.4 Å². The maximum Gasteiger partial charge on any atom is 0.138 e. The molecule has 1 aromatic heterocycles. The molecule has 0 atom stereocenters. The number of hydrogen-bond donors (Lipinski definition) is 0. The van der Waals surface area contributed by atoms with E-state index in [-0.39, 0.29) is 0 Å². The van der Waals surface area contributed by atoms with Crippen LogP contribution >= 0.6 is 0 Å². The van der Waals surface area contributed by atoms with Gasteiger partial charge in [-0.05, 0) is 93.4 Å². The Kier molecular flexibility index (Phi) is 8.00. The van der Waals surface area contributed by atoms with Gasteiger partial charge in [-0.25, -0.2) is 0 Å². The first kappa shape index (κ1) is 31.8. The summed E-state index contributed by atoms with van der Waals surface area (Å²) < 4.78 is 6.48. The van der Waals surface area contributed by atoms with Gasteiger partial charge in [0.1, 0.15) is 11.3 Å². The van der Waals surface area contributed by atoms with Gasteiger partial charge in [-0.15, -0.1) is 0 Å². The first-order chi connectivity index (χ1) is 26.8. The number of anilines is 3. The molecular formula is C52H37NO. The molecule has 0 saturated carbocycles. The number of benzene rings is 8. The van der Waals surface area contributed by atoms with Crippen LogP contribution in [0.15, 0.2) is 205 Å². The Morgan fingerprint density at radius 3 is 1.74 bits per heavy atom. The second-order valence-electron chi connectivity index (χ2n) is 13.9. The number of aryl methyl sites for hydroxylation is 1. The van der Waals surface area contributed by atoms with Gasteiger partial charge in [0, 0.05) is 33.5 Å². The smallest absolute Gasteiger partial charge is 0.138 e. The summed E-state index contributed by atoms with van der Waals surface area (Å²) in [6, 6.07) is 69.8. The lowest BCUT2D eigenvalue weighted by molar-refractivity contribution is 0.591. The van der Waals surface area contributed by atoms with Crippen LogP contribution in [-0.2, 0) is 6.42 Å². The first-order valence-electron chi connectivity index (χ1n) is 18.7. The Labute approximate surface area is 315 Å². The molecule has 256 valence electrons. The van der Waals surface area contributed by atoms with E-state index in [1.54, 1.807) is 0 Å². The van der Waals surface area contributed by atoms with Gasteiger partial charge >= 0.3 is 0 Å². The molecule has 10 rings (SSSR count). The van der Waals surface area contributed by atoms with Crippen LogP contribution in [0.5, 0.6) is 0 Å². The summed E-state index contributed by atoms with van der Waals surface area (Å²) in [5.74, 6) is 0.999. The summed E-state index contributed by atoms with van der Waals surface area (Å²) in [7, 11) is 0. The van der Waals surface area contributed by atoms with Crippen LogP contribution in [0.2, 0.25) is 0 Å². The Morgan fingerprint density at radius 2 is 1.00 bits per heavy atom. The zero-order valence-corrected chi connectivity index (χ0v) is 29.8. The maximum absolute atomic E-state index is 6.48. The predicted molar refractivity (Wildman–Crippen MR) is 227 cm³/mol. The first-order valence-corrected chi connectivity index (χ1v) is 18.7. The Morgan fingerprint density at radius 1 is 0.426 bits per heavy atom. The van der Waals surface area contributed by atoms with Gasteiger partial charge < -0.3 is 9.32 Å². The fraction of sp³-hybridized carbons (Fsp3) is 0.0385. The lowest BCUT2D eigenvalue weighted by Gasteiger charge is -2.29.